The van der Waals surface area contributed by atoms with Crippen molar-refractivity contribution in [3.63, 3.8) is 0 Å². The van der Waals surface area contributed by atoms with Crippen molar-refractivity contribution in [2.24, 2.45) is 0 Å². The second-order valence-corrected chi connectivity index (χ2v) is 11.1. The smallest absolute Gasteiger partial charge is 0.262 e. The number of hydrogen-bond donors (Lipinski definition) is 0. The van der Waals surface area contributed by atoms with Gasteiger partial charge in [-0.25, -0.2) is 0 Å². The summed E-state index contributed by atoms with van der Waals surface area (Å²) in [6, 6.07) is 20.5. The summed E-state index contributed by atoms with van der Waals surface area (Å²) in [5, 5.41) is 1.41. The first-order valence-electron chi connectivity index (χ1n) is 11.4. The Morgan fingerprint density at radius 2 is 1.63 bits per heavy atom. The molecule has 0 fully saturated rings. The van der Waals surface area contributed by atoms with E-state index < -0.39 is 0 Å². The predicted molar refractivity (Wildman–Crippen MR) is 144 cm³/mol. The largest absolute Gasteiger partial charge is 0.497 e. The number of thioether (sulfide) groups is 1. The maximum absolute atomic E-state index is 13.4. The third-order valence-corrected chi connectivity index (χ3v) is 7.24. The van der Waals surface area contributed by atoms with Crippen molar-refractivity contribution in [2.45, 2.75) is 44.4 Å². The summed E-state index contributed by atoms with van der Waals surface area (Å²) in [5.74, 6) is 0.506. The lowest BCUT2D eigenvalue weighted by Crippen LogP contribution is -2.14. The third kappa shape index (κ3) is 5.31. The first-order chi connectivity index (χ1) is 16.6. The number of benzene rings is 3. The Morgan fingerprint density at radius 3 is 2.23 bits per heavy atom. The molecule has 4 nitrogen and oxygen atoms in total. The molecule has 0 saturated carbocycles. The molecule has 180 valence electrons. The van der Waals surface area contributed by atoms with Crippen LogP contribution in [0.2, 0.25) is 5.02 Å². The zero-order valence-corrected chi connectivity index (χ0v) is 22.1. The van der Waals surface area contributed by atoms with E-state index in [1.807, 2.05) is 37.3 Å². The summed E-state index contributed by atoms with van der Waals surface area (Å²) in [6.07, 6.45) is 0.197. The number of halogens is 1. The van der Waals surface area contributed by atoms with Crippen LogP contribution in [0.5, 0.6) is 5.75 Å². The van der Waals surface area contributed by atoms with Crippen molar-refractivity contribution in [1.29, 1.82) is 0 Å². The summed E-state index contributed by atoms with van der Waals surface area (Å²) >= 11 is 7.23. The molecule has 3 aromatic carbocycles. The minimum atomic E-state index is -0.168. The van der Waals surface area contributed by atoms with Crippen LogP contribution in [-0.2, 0) is 16.6 Å². The van der Waals surface area contributed by atoms with Gasteiger partial charge in [0.25, 0.3) is 5.91 Å². The molecule has 0 N–H and O–H groups in total. The van der Waals surface area contributed by atoms with E-state index in [-0.39, 0.29) is 22.9 Å². The number of carbonyl (C=O) groups is 2. The van der Waals surface area contributed by atoms with Crippen molar-refractivity contribution < 1.29 is 14.3 Å². The fourth-order valence-electron chi connectivity index (χ4n) is 4.13. The molecule has 0 aliphatic carbocycles. The van der Waals surface area contributed by atoms with Crippen LogP contribution in [0.4, 0.5) is 0 Å². The van der Waals surface area contributed by atoms with E-state index in [0.717, 1.165) is 27.1 Å². The molecular weight excluding hydrogens is 478 g/mol. The fraction of sp³-hybridized carbons (Fsp3) is 0.241. The van der Waals surface area contributed by atoms with Gasteiger partial charge in [0.1, 0.15) is 5.75 Å². The molecule has 4 aromatic rings. The van der Waals surface area contributed by atoms with Crippen LogP contribution in [0.15, 0.2) is 71.6 Å². The Kier molecular flexibility index (Phi) is 7.11. The Hall–Kier alpha value is -3.02. The van der Waals surface area contributed by atoms with Gasteiger partial charge in [-0.2, -0.15) is 0 Å². The molecule has 0 saturated heterocycles. The average Bonchev–Trinajstić information content (AvgIpc) is 3.09. The Balaban J connectivity index is 1.68. The van der Waals surface area contributed by atoms with E-state index in [1.165, 1.54) is 17.3 Å². The minimum absolute atomic E-state index is 0.0115. The first-order valence-corrected chi connectivity index (χ1v) is 12.6. The molecule has 0 amide bonds. The van der Waals surface area contributed by atoms with E-state index in [4.69, 9.17) is 16.3 Å². The maximum atomic E-state index is 13.4. The molecule has 0 bridgehead atoms. The first kappa shape index (κ1) is 25.1. The van der Waals surface area contributed by atoms with Gasteiger partial charge < -0.3 is 4.74 Å². The standard InChI is InChI=1S/C29H28ClNO3S/c1-18-24(17-27(32)35-23-13-8-20(9-14-23)29(2,3)4)25-16-22(34-5)12-15-26(25)31(18)28(33)19-6-10-21(30)11-7-19/h6-16H,17H2,1-5H3. The minimum Gasteiger partial charge on any atom is -0.497 e. The van der Waals surface area contributed by atoms with Gasteiger partial charge in [0.2, 0.25) is 0 Å². The number of aromatic nitrogens is 1. The second kappa shape index (κ2) is 9.92. The highest BCUT2D eigenvalue weighted by molar-refractivity contribution is 8.13. The number of rotatable bonds is 5. The van der Waals surface area contributed by atoms with Crippen molar-refractivity contribution in [3.8, 4) is 5.75 Å². The van der Waals surface area contributed by atoms with E-state index >= 15 is 0 Å². The summed E-state index contributed by atoms with van der Waals surface area (Å²) in [4.78, 5) is 27.5. The molecule has 1 aromatic heterocycles. The molecule has 6 heteroatoms. The van der Waals surface area contributed by atoms with Gasteiger partial charge in [-0.1, -0.05) is 56.3 Å². The highest BCUT2D eigenvalue weighted by Crippen LogP contribution is 2.33. The quantitative estimate of drug-likeness (QED) is 0.264. The fourth-order valence-corrected chi connectivity index (χ4v) is 5.01. The van der Waals surface area contributed by atoms with Gasteiger partial charge >= 0.3 is 0 Å². The predicted octanol–water partition coefficient (Wildman–Crippen LogP) is 7.46. The molecule has 0 unspecified atom stereocenters. The van der Waals surface area contributed by atoms with Crippen LogP contribution in [-0.4, -0.2) is 22.7 Å². The summed E-state index contributed by atoms with van der Waals surface area (Å²) in [5.41, 5.74) is 4.11. The van der Waals surface area contributed by atoms with Crippen LogP contribution in [0.3, 0.4) is 0 Å². The van der Waals surface area contributed by atoms with E-state index in [0.29, 0.717) is 16.3 Å². The number of hydrogen-bond acceptors (Lipinski definition) is 4. The van der Waals surface area contributed by atoms with E-state index in [9.17, 15) is 9.59 Å². The number of carbonyl (C=O) groups excluding carboxylic acids is 2. The molecule has 4 rings (SSSR count). The van der Waals surface area contributed by atoms with Gasteiger partial charge in [0.05, 0.1) is 12.6 Å². The second-order valence-electron chi connectivity index (χ2n) is 9.52. The normalized spacial score (nSPS) is 11.6. The molecule has 1 heterocycles. The van der Waals surface area contributed by atoms with E-state index in [1.54, 1.807) is 35.9 Å². The molecule has 0 aliphatic heterocycles. The topological polar surface area (TPSA) is 48.3 Å². The van der Waals surface area contributed by atoms with Gasteiger partial charge in [0, 0.05) is 33.0 Å². The SMILES string of the molecule is COc1ccc2c(c1)c(CC(=O)Sc1ccc(C(C)(C)C)cc1)c(C)n2C(=O)c1ccc(Cl)cc1. The van der Waals surface area contributed by atoms with Crippen molar-refractivity contribution in [2.75, 3.05) is 7.11 Å². The molecule has 0 radical (unpaired) electrons. The zero-order chi connectivity index (χ0) is 25.3. The van der Waals surface area contributed by atoms with Gasteiger partial charge in [0.15, 0.2) is 5.12 Å². The van der Waals surface area contributed by atoms with Crippen molar-refractivity contribution in [1.82, 2.24) is 4.57 Å². The average molecular weight is 506 g/mol. The lowest BCUT2D eigenvalue weighted by atomic mass is 9.87. The van der Waals surface area contributed by atoms with Gasteiger partial charge in [-0.15, -0.1) is 0 Å². The van der Waals surface area contributed by atoms with E-state index in [2.05, 4.69) is 32.9 Å². The molecule has 0 spiro atoms. The van der Waals surface area contributed by atoms with Crippen LogP contribution in [0.1, 0.15) is 48.0 Å². The summed E-state index contributed by atoms with van der Waals surface area (Å²) in [7, 11) is 1.60. The van der Waals surface area contributed by atoms with Crippen LogP contribution >= 0.6 is 23.4 Å². The summed E-state index contributed by atoms with van der Waals surface area (Å²) < 4.78 is 7.10. The number of fused-ring (bicyclic) bond motifs is 1. The number of ether oxygens (including phenoxy) is 1. The number of nitrogens with zero attached hydrogens (tertiary/aromatic N) is 1. The number of methoxy groups -OCH3 is 1. The van der Waals surface area contributed by atoms with Gasteiger partial charge in [-0.3, -0.25) is 14.2 Å². The zero-order valence-electron chi connectivity index (χ0n) is 20.5. The summed E-state index contributed by atoms with van der Waals surface area (Å²) in [6.45, 7) is 8.38. The lowest BCUT2D eigenvalue weighted by molar-refractivity contribution is -0.110. The molecule has 35 heavy (non-hydrogen) atoms. The highest BCUT2D eigenvalue weighted by atomic mass is 35.5. The highest BCUT2D eigenvalue weighted by Gasteiger charge is 2.22. The molecule has 0 atom stereocenters. The monoisotopic (exact) mass is 505 g/mol. The molecule has 0 aliphatic rings. The van der Waals surface area contributed by atoms with Crippen molar-refractivity contribution >= 4 is 45.3 Å². The third-order valence-electron chi connectivity index (χ3n) is 6.11. The van der Waals surface area contributed by atoms with Crippen LogP contribution < -0.4 is 4.74 Å². The molecular formula is C29H28ClNO3S. The van der Waals surface area contributed by atoms with Crippen LogP contribution in [0.25, 0.3) is 10.9 Å². The lowest BCUT2D eigenvalue weighted by Gasteiger charge is -2.18. The van der Waals surface area contributed by atoms with Crippen LogP contribution in [0, 0.1) is 6.92 Å². The van der Waals surface area contributed by atoms with Gasteiger partial charge in [-0.05, 0) is 78.1 Å². The Bertz CT molecular complexity index is 1400. The Morgan fingerprint density at radius 1 is 0.971 bits per heavy atom. The van der Waals surface area contributed by atoms with Crippen molar-refractivity contribution in [3.05, 3.63) is 94.1 Å². The maximum Gasteiger partial charge on any atom is 0.262 e. The Labute approximate surface area is 215 Å².